The maximum absolute atomic E-state index is 9.36. The van der Waals surface area contributed by atoms with Gasteiger partial charge in [-0.3, -0.25) is 0 Å². The molecule has 2 nitrogen and oxygen atoms in total. The second-order valence-electron chi connectivity index (χ2n) is 2.45. The van der Waals surface area contributed by atoms with Crippen LogP contribution in [-0.4, -0.2) is 35.1 Å². The Bertz CT molecular complexity index is 97.1. The van der Waals surface area contributed by atoms with Crippen LogP contribution < -0.4 is 0 Å². The first-order chi connectivity index (χ1) is 5.74. The Morgan fingerprint density at radius 2 is 2.08 bits per heavy atom. The van der Waals surface area contributed by atoms with Crippen LogP contribution in [0.5, 0.6) is 0 Å². The van der Waals surface area contributed by atoms with Gasteiger partial charge < -0.3 is 9.84 Å². The summed E-state index contributed by atoms with van der Waals surface area (Å²) in [5.41, 5.74) is 0.141. The molecule has 0 aromatic heterocycles. The van der Waals surface area contributed by atoms with Crippen molar-refractivity contribution in [2.75, 3.05) is 18.3 Å². The molecule has 1 N–H and O–H groups in total. The summed E-state index contributed by atoms with van der Waals surface area (Å²) in [5.74, 6) is 0.950. The smallest absolute Gasteiger partial charge is 0.156 e. The normalized spacial score (nSPS) is 16.0. The summed E-state index contributed by atoms with van der Waals surface area (Å²) in [6, 6.07) is 0. The van der Waals surface area contributed by atoms with Crippen LogP contribution in [0, 0.1) is 0 Å². The number of hydrogen-bond donors (Lipinski definition) is 1. The van der Waals surface area contributed by atoms with Gasteiger partial charge in [0.25, 0.3) is 0 Å². The zero-order valence-electron chi connectivity index (χ0n) is 7.95. The fraction of sp³-hybridized carbons (Fsp3) is 1.00. The Morgan fingerprint density at radius 3 is 2.50 bits per heavy atom. The van der Waals surface area contributed by atoms with E-state index in [0.717, 1.165) is 18.6 Å². The molecule has 0 radical (unpaired) electrons. The zero-order valence-corrected chi connectivity index (χ0v) is 9.58. The molecule has 12 heavy (non-hydrogen) atoms. The summed E-state index contributed by atoms with van der Waals surface area (Å²) in [4.78, 5) is 0. The first-order valence-electron chi connectivity index (χ1n) is 4.09. The van der Waals surface area contributed by atoms with Crippen LogP contribution in [0.15, 0.2) is 0 Å². The van der Waals surface area contributed by atoms with Crippen molar-refractivity contribution in [2.45, 2.75) is 31.5 Å². The minimum Gasteiger partial charge on any atom is -0.368 e. The minimum atomic E-state index is -0.588. The summed E-state index contributed by atoms with van der Waals surface area (Å²) in [7, 11) is 0. The van der Waals surface area contributed by atoms with Gasteiger partial charge in [0.05, 0.1) is 0 Å². The SMILES string of the molecule is CCC(OC(O)CCSC)SC. The highest BCUT2D eigenvalue weighted by Gasteiger charge is 2.10. The van der Waals surface area contributed by atoms with Crippen LogP contribution in [-0.2, 0) is 4.74 Å². The predicted molar refractivity (Wildman–Crippen MR) is 57.7 cm³/mol. The molecule has 0 heterocycles. The molecule has 0 aliphatic heterocycles. The number of aliphatic hydroxyl groups is 1. The van der Waals surface area contributed by atoms with Crippen molar-refractivity contribution in [2.24, 2.45) is 0 Å². The zero-order chi connectivity index (χ0) is 9.40. The van der Waals surface area contributed by atoms with Crippen molar-refractivity contribution in [3.05, 3.63) is 0 Å². The predicted octanol–water partition coefficient (Wildman–Crippen LogP) is 2.17. The van der Waals surface area contributed by atoms with E-state index in [4.69, 9.17) is 4.74 Å². The maximum atomic E-state index is 9.36. The minimum absolute atomic E-state index is 0.141. The molecule has 0 amide bonds. The molecule has 0 aromatic rings. The molecule has 0 saturated heterocycles. The second-order valence-corrected chi connectivity index (χ2v) is 4.43. The molecular formula is C8H18O2S2. The highest BCUT2D eigenvalue weighted by molar-refractivity contribution is 7.99. The van der Waals surface area contributed by atoms with Crippen LogP contribution in [0.1, 0.15) is 19.8 Å². The van der Waals surface area contributed by atoms with E-state index in [9.17, 15) is 5.11 Å². The van der Waals surface area contributed by atoms with Gasteiger partial charge in [-0.05, 0) is 24.7 Å². The van der Waals surface area contributed by atoms with Gasteiger partial charge in [0.15, 0.2) is 6.29 Å². The lowest BCUT2D eigenvalue weighted by Gasteiger charge is -2.17. The molecule has 2 unspecified atom stereocenters. The Hall–Kier alpha value is 0.620. The number of hydrogen-bond acceptors (Lipinski definition) is 4. The number of ether oxygens (including phenoxy) is 1. The quantitative estimate of drug-likeness (QED) is 0.652. The topological polar surface area (TPSA) is 29.5 Å². The number of rotatable bonds is 7. The molecule has 2 atom stereocenters. The van der Waals surface area contributed by atoms with Crippen molar-refractivity contribution >= 4 is 23.5 Å². The Kier molecular flexibility index (Phi) is 8.65. The van der Waals surface area contributed by atoms with E-state index in [0.29, 0.717) is 0 Å². The third-order valence-corrected chi connectivity index (χ3v) is 3.09. The third kappa shape index (κ3) is 6.17. The summed E-state index contributed by atoms with van der Waals surface area (Å²) in [6.45, 7) is 2.06. The van der Waals surface area contributed by atoms with Gasteiger partial charge in [-0.1, -0.05) is 6.92 Å². The van der Waals surface area contributed by atoms with Gasteiger partial charge in [0.1, 0.15) is 5.44 Å². The molecular weight excluding hydrogens is 192 g/mol. The first kappa shape index (κ1) is 12.6. The summed E-state index contributed by atoms with van der Waals surface area (Å²) < 4.78 is 5.36. The largest absolute Gasteiger partial charge is 0.368 e. The highest BCUT2D eigenvalue weighted by atomic mass is 32.2. The number of aliphatic hydroxyl groups excluding tert-OH is 1. The molecule has 0 spiro atoms. The van der Waals surface area contributed by atoms with Crippen LogP contribution in [0.4, 0.5) is 0 Å². The standard InChI is InChI=1S/C8H18O2S2/c1-4-8(12-3)10-7(9)5-6-11-2/h7-9H,4-6H2,1-3H3. The van der Waals surface area contributed by atoms with E-state index >= 15 is 0 Å². The van der Waals surface area contributed by atoms with Gasteiger partial charge in [0.2, 0.25) is 0 Å². The fourth-order valence-electron chi connectivity index (χ4n) is 0.780. The van der Waals surface area contributed by atoms with Gasteiger partial charge in [0, 0.05) is 6.42 Å². The lowest BCUT2D eigenvalue weighted by molar-refractivity contribution is -0.110. The molecule has 0 bridgehead atoms. The van der Waals surface area contributed by atoms with Crippen molar-refractivity contribution in [1.29, 1.82) is 0 Å². The number of thioether (sulfide) groups is 2. The Morgan fingerprint density at radius 1 is 1.42 bits per heavy atom. The average molecular weight is 210 g/mol. The summed E-state index contributed by atoms with van der Waals surface area (Å²) >= 11 is 3.37. The second kappa shape index (κ2) is 8.23. The van der Waals surface area contributed by atoms with Crippen LogP contribution in [0.2, 0.25) is 0 Å². The van der Waals surface area contributed by atoms with E-state index in [1.54, 1.807) is 23.5 Å². The van der Waals surface area contributed by atoms with Gasteiger partial charge >= 0.3 is 0 Å². The summed E-state index contributed by atoms with van der Waals surface area (Å²) in [6.07, 6.45) is 5.10. The molecule has 0 aliphatic carbocycles. The van der Waals surface area contributed by atoms with E-state index in [1.165, 1.54) is 0 Å². The van der Waals surface area contributed by atoms with E-state index in [1.807, 2.05) is 12.5 Å². The molecule has 0 saturated carbocycles. The Balaban J connectivity index is 3.44. The van der Waals surface area contributed by atoms with Crippen molar-refractivity contribution in [1.82, 2.24) is 0 Å². The van der Waals surface area contributed by atoms with Crippen LogP contribution >= 0.6 is 23.5 Å². The molecule has 4 heteroatoms. The molecule has 74 valence electrons. The molecule has 0 fully saturated rings. The van der Waals surface area contributed by atoms with Gasteiger partial charge in [-0.25, -0.2) is 0 Å². The average Bonchev–Trinajstić information content (AvgIpc) is 2.10. The van der Waals surface area contributed by atoms with Gasteiger partial charge in [-0.15, -0.1) is 11.8 Å². The first-order valence-corrected chi connectivity index (χ1v) is 6.78. The fourth-order valence-corrected chi connectivity index (χ4v) is 1.79. The molecule has 0 aromatic carbocycles. The molecule has 0 rings (SSSR count). The van der Waals surface area contributed by atoms with Gasteiger partial charge in [-0.2, -0.15) is 11.8 Å². The van der Waals surface area contributed by atoms with E-state index < -0.39 is 6.29 Å². The van der Waals surface area contributed by atoms with Crippen LogP contribution in [0.3, 0.4) is 0 Å². The van der Waals surface area contributed by atoms with Crippen molar-refractivity contribution < 1.29 is 9.84 Å². The lowest BCUT2D eigenvalue weighted by atomic mass is 10.4. The molecule has 0 aliphatic rings. The van der Waals surface area contributed by atoms with Crippen LogP contribution in [0.25, 0.3) is 0 Å². The van der Waals surface area contributed by atoms with E-state index in [2.05, 4.69) is 6.92 Å². The maximum Gasteiger partial charge on any atom is 0.156 e. The third-order valence-electron chi connectivity index (χ3n) is 1.47. The van der Waals surface area contributed by atoms with E-state index in [-0.39, 0.29) is 5.44 Å². The summed E-state index contributed by atoms with van der Waals surface area (Å²) in [5, 5.41) is 9.36. The van der Waals surface area contributed by atoms with Crippen molar-refractivity contribution in [3.8, 4) is 0 Å². The Labute approximate surface area is 83.4 Å². The lowest BCUT2D eigenvalue weighted by Crippen LogP contribution is -2.19. The van der Waals surface area contributed by atoms with Crippen molar-refractivity contribution in [3.63, 3.8) is 0 Å². The monoisotopic (exact) mass is 210 g/mol. The highest BCUT2D eigenvalue weighted by Crippen LogP contribution is 2.15.